The molecule has 0 radical (unpaired) electrons. The zero-order valence-electron chi connectivity index (χ0n) is 15.9. The van der Waals surface area contributed by atoms with Gasteiger partial charge in [0.2, 0.25) is 0 Å². The van der Waals surface area contributed by atoms with Gasteiger partial charge < -0.3 is 19.8 Å². The second kappa shape index (κ2) is 8.11. The molecule has 0 spiro atoms. The molecule has 0 bridgehead atoms. The Hall–Kier alpha value is -3.04. The topological polar surface area (TPSA) is 86.1 Å². The highest BCUT2D eigenvalue weighted by Crippen LogP contribution is 2.34. The number of ether oxygens (including phenoxy) is 2. The van der Waals surface area contributed by atoms with Gasteiger partial charge in [0, 0.05) is 12.1 Å². The van der Waals surface area contributed by atoms with E-state index in [-0.39, 0.29) is 6.04 Å². The Morgan fingerprint density at radius 1 is 1.19 bits per heavy atom. The molecule has 0 saturated heterocycles. The van der Waals surface area contributed by atoms with Crippen LogP contribution >= 0.6 is 0 Å². The van der Waals surface area contributed by atoms with Gasteiger partial charge in [-0.3, -0.25) is 0 Å². The first-order chi connectivity index (χ1) is 13.1. The number of benzene rings is 2. The van der Waals surface area contributed by atoms with Crippen LogP contribution in [0.1, 0.15) is 42.8 Å². The van der Waals surface area contributed by atoms with E-state index in [0.717, 1.165) is 35.3 Å². The van der Waals surface area contributed by atoms with Crippen LogP contribution in [0.15, 0.2) is 36.4 Å². The summed E-state index contributed by atoms with van der Waals surface area (Å²) in [6.07, 6.45) is 1.79. The van der Waals surface area contributed by atoms with Crippen molar-refractivity contribution in [3.63, 3.8) is 0 Å². The molecule has 2 aromatic carbocycles. The molecular weight excluding hydrogens is 340 g/mol. The maximum atomic E-state index is 9.44. The lowest BCUT2D eigenvalue weighted by molar-refractivity contribution is 0.355. The van der Waals surface area contributed by atoms with Gasteiger partial charge in [0.15, 0.2) is 11.5 Å². The molecule has 3 rings (SSSR count). The van der Waals surface area contributed by atoms with Gasteiger partial charge in [-0.25, -0.2) is 4.98 Å². The van der Waals surface area contributed by atoms with E-state index in [2.05, 4.69) is 17.6 Å². The van der Waals surface area contributed by atoms with Crippen LogP contribution in [0.4, 0.5) is 0 Å². The quantitative estimate of drug-likeness (QED) is 0.689. The van der Waals surface area contributed by atoms with Gasteiger partial charge in [0.1, 0.15) is 5.82 Å². The number of imidazole rings is 1. The second-order valence-corrected chi connectivity index (χ2v) is 6.42. The van der Waals surface area contributed by atoms with E-state index < -0.39 is 0 Å². The molecule has 3 aromatic rings. The van der Waals surface area contributed by atoms with Crippen LogP contribution in [0.2, 0.25) is 0 Å². The van der Waals surface area contributed by atoms with Crippen molar-refractivity contribution in [3.8, 4) is 17.6 Å². The molecule has 1 heterocycles. The third-order valence-electron chi connectivity index (χ3n) is 4.68. The summed E-state index contributed by atoms with van der Waals surface area (Å²) in [5.74, 6) is 2.06. The minimum absolute atomic E-state index is 0.186. The first kappa shape index (κ1) is 18.7. The zero-order chi connectivity index (χ0) is 19.4. The van der Waals surface area contributed by atoms with Gasteiger partial charge in [-0.05, 0) is 18.1 Å². The van der Waals surface area contributed by atoms with E-state index in [1.165, 1.54) is 0 Å². The normalized spacial score (nSPS) is 12.0. The molecular formula is C21H24N4O2. The van der Waals surface area contributed by atoms with Crippen molar-refractivity contribution in [2.75, 3.05) is 14.2 Å². The van der Waals surface area contributed by atoms with Gasteiger partial charge in [-0.2, -0.15) is 5.26 Å². The molecule has 0 aliphatic carbocycles. The van der Waals surface area contributed by atoms with Gasteiger partial charge >= 0.3 is 0 Å². The van der Waals surface area contributed by atoms with E-state index in [1.807, 2.05) is 36.4 Å². The summed E-state index contributed by atoms with van der Waals surface area (Å²) < 4.78 is 12.9. The molecule has 1 aromatic heterocycles. The van der Waals surface area contributed by atoms with Crippen molar-refractivity contribution in [2.45, 2.75) is 32.4 Å². The lowest BCUT2D eigenvalue weighted by atomic mass is 10.1. The van der Waals surface area contributed by atoms with Crippen molar-refractivity contribution >= 4 is 11.0 Å². The van der Waals surface area contributed by atoms with E-state index in [0.29, 0.717) is 23.6 Å². The average Bonchev–Trinajstić information content (AvgIpc) is 3.05. The molecule has 0 saturated carbocycles. The van der Waals surface area contributed by atoms with Crippen LogP contribution in [0, 0.1) is 11.3 Å². The van der Waals surface area contributed by atoms with Gasteiger partial charge in [-0.1, -0.05) is 31.5 Å². The Bertz CT molecular complexity index is 988. The van der Waals surface area contributed by atoms with Gasteiger partial charge in [0.05, 0.1) is 49.5 Å². The van der Waals surface area contributed by atoms with Crippen LogP contribution in [0.25, 0.3) is 11.0 Å². The van der Waals surface area contributed by atoms with E-state index in [9.17, 15) is 5.26 Å². The van der Waals surface area contributed by atoms with Crippen molar-refractivity contribution in [3.05, 3.63) is 53.3 Å². The summed E-state index contributed by atoms with van der Waals surface area (Å²) in [7, 11) is 3.21. The number of nitriles is 1. The maximum Gasteiger partial charge on any atom is 0.163 e. The minimum Gasteiger partial charge on any atom is -0.493 e. The summed E-state index contributed by atoms with van der Waals surface area (Å²) in [5.41, 5.74) is 9.70. The smallest absolute Gasteiger partial charge is 0.163 e. The van der Waals surface area contributed by atoms with Crippen LogP contribution in [0.5, 0.6) is 11.5 Å². The molecule has 0 fully saturated rings. The molecule has 140 valence electrons. The Morgan fingerprint density at radius 3 is 2.56 bits per heavy atom. The summed E-state index contributed by atoms with van der Waals surface area (Å²) in [4.78, 5) is 4.79. The Labute approximate surface area is 159 Å². The van der Waals surface area contributed by atoms with Crippen molar-refractivity contribution in [1.29, 1.82) is 5.26 Å². The first-order valence-electron chi connectivity index (χ1n) is 8.98. The standard InChI is InChI=1S/C21H24N4O2/c1-4-7-16(23)21-24-17-10-19(26-2)20(27-3)11-18(17)25(21)13-15-9-6-5-8-14(15)12-22/h5-6,8-11,16H,4,7,13,23H2,1-3H3. The summed E-state index contributed by atoms with van der Waals surface area (Å²) >= 11 is 0. The average molecular weight is 364 g/mol. The number of rotatable bonds is 7. The lowest BCUT2D eigenvalue weighted by Crippen LogP contribution is -2.17. The predicted molar refractivity (Wildman–Crippen MR) is 105 cm³/mol. The molecule has 27 heavy (non-hydrogen) atoms. The van der Waals surface area contributed by atoms with E-state index >= 15 is 0 Å². The fourth-order valence-electron chi connectivity index (χ4n) is 3.30. The van der Waals surface area contributed by atoms with Crippen molar-refractivity contribution in [1.82, 2.24) is 9.55 Å². The van der Waals surface area contributed by atoms with Crippen LogP contribution in [-0.2, 0) is 6.54 Å². The molecule has 0 aliphatic heterocycles. The summed E-state index contributed by atoms with van der Waals surface area (Å²) in [6, 6.07) is 13.4. The fourth-order valence-corrected chi connectivity index (χ4v) is 3.30. The largest absolute Gasteiger partial charge is 0.493 e. The summed E-state index contributed by atoms with van der Waals surface area (Å²) in [5, 5.41) is 9.44. The number of hydrogen-bond acceptors (Lipinski definition) is 5. The van der Waals surface area contributed by atoms with Gasteiger partial charge in [-0.15, -0.1) is 0 Å². The predicted octanol–water partition coefficient (Wildman–Crippen LogP) is 3.77. The molecule has 1 atom stereocenters. The van der Waals surface area contributed by atoms with Crippen LogP contribution in [-0.4, -0.2) is 23.8 Å². The van der Waals surface area contributed by atoms with Crippen LogP contribution in [0.3, 0.4) is 0 Å². The van der Waals surface area contributed by atoms with Gasteiger partial charge in [0.25, 0.3) is 0 Å². The van der Waals surface area contributed by atoms with E-state index in [4.69, 9.17) is 20.2 Å². The molecule has 6 heteroatoms. The second-order valence-electron chi connectivity index (χ2n) is 6.42. The highest BCUT2D eigenvalue weighted by atomic mass is 16.5. The number of nitrogens with zero attached hydrogens (tertiary/aromatic N) is 3. The Morgan fingerprint density at radius 2 is 1.89 bits per heavy atom. The minimum atomic E-state index is -0.186. The highest BCUT2D eigenvalue weighted by molar-refractivity contribution is 5.81. The highest BCUT2D eigenvalue weighted by Gasteiger charge is 2.20. The Kier molecular flexibility index (Phi) is 5.63. The molecule has 2 N–H and O–H groups in total. The van der Waals surface area contributed by atoms with E-state index in [1.54, 1.807) is 14.2 Å². The maximum absolute atomic E-state index is 9.44. The molecule has 6 nitrogen and oxygen atoms in total. The fraction of sp³-hybridized carbons (Fsp3) is 0.333. The number of aromatic nitrogens is 2. The SMILES string of the molecule is CCCC(N)c1nc2cc(OC)c(OC)cc2n1Cc1ccccc1C#N. The van der Waals surface area contributed by atoms with Crippen molar-refractivity contribution < 1.29 is 9.47 Å². The number of hydrogen-bond donors (Lipinski definition) is 1. The molecule has 0 aliphatic rings. The summed E-state index contributed by atoms with van der Waals surface area (Å²) in [6.45, 7) is 2.62. The third kappa shape index (κ3) is 3.60. The zero-order valence-corrected chi connectivity index (χ0v) is 15.9. The van der Waals surface area contributed by atoms with Crippen LogP contribution < -0.4 is 15.2 Å². The Balaban J connectivity index is 2.20. The molecule has 1 unspecified atom stereocenters. The lowest BCUT2D eigenvalue weighted by Gasteiger charge is -2.15. The monoisotopic (exact) mass is 364 g/mol. The first-order valence-corrected chi connectivity index (χ1v) is 8.98. The number of methoxy groups -OCH3 is 2. The molecule has 0 amide bonds. The third-order valence-corrected chi connectivity index (χ3v) is 4.68. The number of fused-ring (bicyclic) bond motifs is 1. The van der Waals surface area contributed by atoms with Crippen molar-refractivity contribution in [2.24, 2.45) is 5.73 Å². The number of nitrogens with two attached hydrogens (primary N) is 1.